The Morgan fingerprint density at radius 3 is 2.40 bits per heavy atom. The number of methoxy groups -OCH3 is 2. The first-order valence-electron chi connectivity index (χ1n) is 9.11. The van der Waals surface area contributed by atoms with Crippen molar-refractivity contribution in [1.82, 2.24) is 5.32 Å². The molecule has 2 aromatic carbocycles. The molecule has 156 valence electrons. The lowest BCUT2D eigenvalue weighted by molar-refractivity contribution is -0.142. The number of carboxylic acids is 1. The SMILES string of the molecule is COc1ccc2c(C)c(CC(=O)N[C@H](C(=O)O)c3ccccc3)c(=O)oc2c1OC. The van der Waals surface area contributed by atoms with Crippen molar-refractivity contribution in [2.24, 2.45) is 0 Å². The lowest BCUT2D eigenvalue weighted by Gasteiger charge is -2.16. The molecule has 0 fully saturated rings. The van der Waals surface area contributed by atoms with Gasteiger partial charge in [0.2, 0.25) is 11.7 Å². The Hall–Kier alpha value is -3.81. The van der Waals surface area contributed by atoms with Crippen molar-refractivity contribution in [3.63, 3.8) is 0 Å². The van der Waals surface area contributed by atoms with E-state index in [0.29, 0.717) is 22.3 Å². The Labute approximate surface area is 172 Å². The van der Waals surface area contributed by atoms with Crippen LogP contribution in [0.5, 0.6) is 11.5 Å². The van der Waals surface area contributed by atoms with Crippen LogP contribution in [-0.4, -0.2) is 31.2 Å². The number of nitrogens with one attached hydrogen (secondary N) is 1. The van der Waals surface area contributed by atoms with Crippen LogP contribution in [-0.2, 0) is 16.0 Å². The summed E-state index contributed by atoms with van der Waals surface area (Å²) in [6, 6.07) is 10.5. The van der Waals surface area contributed by atoms with Gasteiger partial charge in [-0.05, 0) is 30.2 Å². The second kappa shape index (κ2) is 8.69. The molecule has 3 aromatic rings. The molecule has 2 N–H and O–H groups in total. The Morgan fingerprint density at radius 2 is 1.80 bits per heavy atom. The number of carboxylic acid groups (broad SMARTS) is 1. The Kier molecular flexibility index (Phi) is 6.06. The number of rotatable bonds is 7. The molecule has 0 aliphatic carbocycles. The van der Waals surface area contributed by atoms with Crippen molar-refractivity contribution in [1.29, 1.82) is 0 Å². The smallest absolute Gasteiger partial charge is 0.340 e. The lowest BCUT2D eigenvalue weighted by Crippen LogP contribution is -2.35. The van der Waals surface area contributed by atoms with Crippen molar-refractivity contribution in [3.8, 4) is 11.5 Å². The van der Waals surface area contributed by atoms with E-state index in [1.54, 1.807) is 49.4 Å². The van der Waals surface area contributed by atoms with Gasteiger partial charge in [-0.2, -0.15) is 0 Å². The van der Waals surface area contributed by atoms with Gasteiger partial charge in [-0.15, -0.1) is 0 Å². The predicted octanol–water partition coefficient (Wildman–Crippen LogP) is 2.60. The molecule has 8 heteroatoms. The van der Waals surface area contributed by atoms with E-state index in [0.717, 1.165) is 0 Å². The summed E-state index contributed by atoms with van der Waals surface area (Å²) in [5.41, 5.74) is 0.635. The van der Waals surface area contributed by atoms with Gasteiger partial charge in [0.1, 0.15) is 0 Å². The molecule has 0 bridgehead atoms. The topological polar surface area (TPSA) is 115 Å². The fourth-order valence-electron chi connectivity index (χ4n) is 3.28. The molecule has 30 heavy (non-hydrogen) atoms. The highest BCUT2D eigenvalue weighted by atomic mass is 16.5. The predicted molar refractivity (Wildman–Crippen MR) is 109 cm³/mol. The highest BCUT2D eigenvalue weighted by Gasteiger charge is 2.24. The Morgan fingerprint density at radius 1 is 1.10 bits per heavy atom. The number of ether oxygens (including phenoxy) is 2. The second-order valence-corrected chi connectivity index (χ2v) is 6.60. The molecule has 1 amide bonds. The molecule has 8 nitrogen and oxygen atoms in total. The van der Waals surface area contributed by atoms with Crippen LogP contribution < -0.4 is 20.4 Å². The molecular formula is C22H21NO7. The maximum absolute atomic E-state index is 12.6. The molecule has 1 aromatic heterocycles. The number of aliphatic carboxylic acids is 1. The largest absolute Gasteiger partial charge is 0.493 e. The summed E-state index contributed by atoms with van der Waals surface area (Å²) in [7, 11) is 2.91. The molecule has 0 aliphatic heterocycles. The fourth-order valence-corrected chi connectivity index (χ4v) is 3.28. The van der Waals surface area contributed by atoms with Gasteiger partial charge in [0.05, 0.1) is 26.2 Å². The first-order valence-corrected chi connectivity index (χ1v) is 9.11. The van der Waals surface area contributed by atoms with Crippen LogP contribution in [0.2, 0.25) is 0 Å². The Balaban J connectivity index is 1.94. The van der Waals surface area contributed by atoms with E-state index in [4.69, 9.17) is 13.9 Å². The minimum atomic E-state index is -1.23. The zero-order valence-electron chi connectivity index (χ0n) is 16.7. The quantitative estimate of drug-likeness (QED) is 0.574. The van der Waals surface area contributed by atoms with Gasteiger partial charge >= 0.3 is 11.6 Å². The average Bonchev–Trinajstić information content (AvgIpc) is 2.74. The van der Waals surface area contributed by atoms with Crippen molar-refractivity contribution < 1.29 is 28.6 Å². The van der Waals surface area contributed by atoms with Gasteiger partial charge in [-0.25, -0.2) is 9.59 Å². The molecule has 0 saturated heterocycles. The van der Waals surface area contributed by atoms with Crippen LogP contribution in [0.1, 0.15) is 22.7 Å². The molecule has 0 radical (unpaired) electrons. The van der Waals surface area contributed by atoms with E-state index >= 15 is 0 Å². The van der Waals surface area contributed by atoms with Gasteiger partial charge in [0.15, 0.2) is 17.4 Å². The molecule has 0 aliphatic rings. The van der Waals surface area contributed by atoms with Gasteiger partial charge in [0, 0.05) is 5.39 Å². The van der Waals surface area contributed by atoms with Crippen LogP contribution in [0.25, 0.3) is 11.0 Å². The van der Waals surface area contributed by atoms with E-state index in [1.165, 1.54) is 14.2 Å². The van der Waals surface area contributed by atoms with Crippen LogP contribution in [0.15, 0.2) is 51.7 Å². The maximum atomic E-state index is 12.6. The van der Waals surface area contributed by atoms with Gasteiger partial charge in [0.25, 0.3) is 0 Å². The van der Waals surface area contributed by atoms with Gasteiger partial charge in [-0.1, -0.05) is 30.3 Å². The van der Waals surface area contributed by atoms with Crippen LogP contribution >= 0.6 is 0 Å². The van der Waals surface area contributed by atoms with E-state index in [-0.39, 0.29) is 23.3 Å². The van der Waals surface area contributed by atoms with Gasteiger partial charge < -0.3 is 24.3 Å². The van der Waals surface area contributed by atoms with E-state index in [1.807, 2.05) is 0 Å². The summed E-state index contributed by atoms with van der Waals surface area (Å²) >= 11 is 0. The maximum Gasteiger partial charge on any atom is 0.340 e. The summed E-state index contributed by atoms with van der Waals surface area (Å²) in [6.45, 7) is 1.69. The summed E-state index contributed by atoms with van der Waals surface area (Å²) in [4.78, 5) is 36.8. The zero-order valence-corrected chi connectivity index (χ0v) is 16.7. The van der Waals surface area contributed by atoms with Crippen molar-refractivity contribution in [3.05, 3.63) is 69.6 Å². The highest BCUT2D eigenvalue weighted by Crippen LogP contribution is 2.36. The van der Waals surface area contributed by atoms with E-state index in [2.05, 4.69) is 5.32 Å². The molecular weight excluding hydrogens is 390 g/mol. The van der Waals surface area contributed by atoms with Crippen molar-refractivity contribution in [2.45, 2.75) is 19.4 Å². The first kappa shape index (κ1) is 20.9. The molecule has 3 rings (SSSR count). The number of hydrogen-bond donors (Lipinski definition) is 2. The molecule has 0 spiro atoms. The van der Waals surface area contributed by atoms with Crippen LogP contribution in [0, 0.1) is 6.92 Å². The number of hydrogen-bond acceptors (Lipinski definition) is 6. The number of carbonyl (C=O) groups excluding carboxylic acids is 1. The Bertz CT molecular complexity index is 1150. The fraction of sp³-hybridized carbons (Fsp3) is 0.227. The average molecular weight is 411 g/mol. The van der Waals surface area contributed by atoms with Gasteiger partial charge in [-0.3, -0.25) is 4.79 Å². The normalized spacial score (nSPS) is 11.7. The third-order valence-electron chi connectivity index (χ3n) is 4.82. The number of fused-ring (bicyclic) bond motifs is 1. The summed E-state index contributed by atoms with van der Waals surface area (Å²) in [6.07, 6.45) is -0.324. The van der Waals surface area contributed by atoms with Crippen molar-refractivity contribution >= 4 is 22.8 Å². The standard InChI is InChI=1S/C22H21NO7/c1-12-14-9-10-16(28-2)20(29-3)19(14)30-22(27)15(12)11-17(24)23-18(21(25)26)13-7-5-4-6-8-13/h4-10,18H,11H2,1-3H3,(H,23,24)(H,25,26)/t18-/m0/s1. The van der Waals surface area contributed by atoms with Crippen LogP contribution in [0.4, 0.5) is 0 Å². The minimum Gasteiger partial charge on any atom is -0.493 e. The zero-order chi connectivity index (χ0) is 21.8. The monoisotopic (exact) mass is 411 g/mol. The number of carbonyl (C=O) groups is 2. The summed E-state index contributed by atoms with van der Waals surface area (Å²) in [5.74, 6) is -1.12. The first-order chi connectivity index (χ1) is 14.4. The number of amides is 1. The number of aryl methyl sites for hydroxylation is 1. The third-order valence-corrected chi connectivity index (χ3v) is 4.82. The highest BCUT2D eigenvalue weighted by molar-refractivity contribution is 5.90. The molecule has 1 atom stereocenters. The molecule has 0 saturated carbocycles. The van der Waals surface area contributed by atoms with Crippen LogP contribution in [0.3, 0.4) is 0 Å². The van der Waals surface area contributed by atoms with E-state index < -0.39 is 23.5 Å². The minimum absolute atomic E-state index is 0.143. The second-order valence-electron chi connectivity index (χ2n) is 6.60. The third kappa shape index (κ3) is 3.98. The summed E-state index contributed by atoms with van der Waals surface area (Å²) in [5, 5.41) is 12.5. The number of benzene rings is 2. The van der Waals surface area contributed by atoms with Crippen molar-refractivity contribution in [2.75, 3.05) is 14.2 Å². The summed E-state index contributed by atoms with van der Waals surface area (Å²) < 4.78 is 15.9. The van der Waals surface area contributed by atoms with E-state index in [9.17, 15) is 19.5 Å². The molecule has 1 heterocycles. The lowest BCUT2D eigenvalue weighted by atomic mass is 10.0. The molecule has 0 unspecified atom stereocenters.